The summed E-state index contributed by atoms with van der Waals surface area (Å²) in [4.78, 5) is 12.3. The van der Waals surface area contributed by atoms with E-state index in [1.54, 1.807) is 13.8 Å². The predicted molar refractivity (Wildman–Crippen MR) is 37.8 cm³/mol. The van der Waals surface area contributed by atoms with Gasteiger partial charge in [-0.2, -0.15) is 4.80 Å². The zero-order chi connectivity index (χ0) is 8.48. The number of carbonyl (C=O) groups excluding carboxylic acids is 1. The highest BCUT2D eigenvalue weighted by atomic mass is 16.1. The van der Waals surface area contributed by atoms with Crippen LogP contribution in [0, 0.1) is 0 Å². The van der Waals surface area contributed by atoms with Crippen molar-refractivity contribution in [2.24, 2.45) is 0 Å². The summed E-state index contributed by atoms with van der Waals surface area (Å²) in [5, 5.41) is 10.9. The van der Waals surface area contributed by atoms with Gasteiger partial charge in [0.1, 0.15) is 5.54 Å². The molecule has 0 amide bonds. The first-order valence-electron chi connectivity index (χ1n) is 3.29. The van der Waals surface area contributed by atoms with Crippen LogP contribution in [0.2, 0.25) is 0 Å². The molecule has 0 radical (unpaired) electrons. The molecule has 0 aliphatic heterocycles. The van der Waals surface area contributed by atoms with E-state index in [2.05, 4.69) is 15.4 Å². The number of ketones is 1. The second-order valence-electron chi connectivity index (χ2n) is 2.84. The maximum atomic E-state index is 11.0. The Hall–Kier alpha value is -1.26. The second kappa shape index (κ2) is 2.41. The first-order valence-corrected chi connectivity index (χ1v) is 3.29. The standard InChI is InChI=1S/C6H10N4O/c1-5(11)6(2,3)10-8-4-7-9-10/h4H,1-3H3. The lowest BCUT2D eigenvalue weighted by Gasteiger charge is -2.18. The molecular weight excluding hydrogens is 144 g/mol. The van der Waals surface area contributed by atoms with E-state index in [1.165, 1.54) is 18.0 Å². The summed E-state index contributed by atoms with van der Waals surface area (Å²) in [7, 11) is 0. The van der Waals surface area contributed by atoms with Gasteiger partial charge in [-0.1, -0.05) is 0 Å². The minimum Gasteiger partial charge on any atom is -0.297 e. The molecule has 0 saturated carbocycles. The van der Waals surface area contributed by atoms with Crippen LogP contribution in [0.4, 0.5) is 0 Å². The van der Waals surface area contributed by atoms with Crippen LogP contribution in [0.15, 0.2) is 6.33 Å². The Balaban J connectivity index is 3.00. The summed E-state index contributed by atoms with van der Waals surface area (Å²) in [5.74, 6) is 0.00972. The van der Waals surface area contributed by atoms with Crippen molar-refractivity contribution in [1.29, 1.82) is 0 Å². The minimum absolute atomic E-state index is 0.00972. The third-order valence-corrected chi connectivity index (χ3v) is 1.71. The van der Waals surface area contributed by atoms with Crippen molar-refractivity contribution in [1.82, 2.24) is 20.2 Å². The number of tetrazole rings is 1. The van der Waals surface area contributed by atoms with Crippen molar-refractivity contribution in [2.75, 3.05) is 0 Å². The van der Waals surface area contributed by atoms with Gasteiger partial charge in [0.25, 0.3) is 0 Å². The number of rotatable bonds is 2. The SMILES string of the molecule is CC(=O)C(C)(C)n1ncnn1. The summed E-state index contributed by atoms with van der Waals surface area (Å²) in [6.45, 7) is 5.00. The summed E-state index contributed by atoms with van der Waals surface area (Å²) >= 11 is 0. The fraction of sp³-hybridized carbons (Fsp3) is 0.667. The van der Waals surface area contributed by atoms with E-state index in [0.29, 0.717) is 0 Å². The first kappa shape index (κ1) is 7.84. The molecule has 0 aliphatic carbocycles. The molecular formula is C6H10N4O. The molecule has 5 nitrogen and oxygen atoms in total. The van der Waals surface area contributed by atoms with Crippen LogP contribution in [0.5, 0.6) is 0 Å². The van der Waals surface area contributed by atoms with Gasteiger partial charge in [-0.25, -0.2) is 0 Å². The lowest BCUT2D eigenvalue weighted by molar-refractivity contribution is -0.124. The van der Waals surface area contributed by atoms with Crippen LogP contribution < -0.4 is 0 Å². The fourth-order valence-corrected chi connectivity index (χ4v) is 0.564. The van der Waals surface area contributed by atoms with Gasteiger partial charge in [-0.3, -0.25) is 4.79 Å². The lowest BCUT2D eigenvalue weighted by atomic mass is 10.0. The van der Waals surface area contributed by atoms with Gasteiger partial charge in [-0.15, -0.1) is 10.2 Å². The molecule has 0 N–H and O–H groups in total. The fourth-order valence-electron chi connectivity index (χ4n) is 0.564. The van der Waals surface area contributed by atoms with Crippen LogP contribution in [0.1, 0.15) is 20.8 Å². The number of carbonyl (C=O) groups is 1. The van der Waals surface area contributed by atoms with Gasteiger partial charge in [0.15, 0.2) is 12.1 Å². The van der Waals surface area contributed by atoms with E-state index in [4.69, 9.17) is 0 Å². The van der Waals surface area contributed by atoms with E-state index in [9.17, 15) is 4.79 Å². The van der Waals surface area contributed by atoms with E-state index < -0.39 is 5.54 Å². The van der Waals surface area contributed by atoms with Crippen LogP contribution >= 0.6 is 0 Å². The van der Waals surface area contributed by atoms with E-state index >= 15 is 0 Å². The van der Waals surface area contributed by atoms with Crippen LogP contribution in [0.3, 0.4) is 0 Å². The molecule has 5 heteroatoms. The van der Waals surface area contributed by atoms with E-state index in [0.717, 1.165) is 0 Å². The smallest absolute Gasteiger partial charge is 0.162 e. The van der Waals surface area contributed by atoms with Gasteiger partial charge >= 0.3 is 0 Å². The molecule has 0 spiro atoms. The molecule has 1 aromatic rings. The summed E-state index contributed by atoms with van der Waals surface area (Å²) in [5.41, 5.74) is -0.684. The van der Waals surface area contributed by atoms with Gasteiger partial charge in [0.2, 0.25) is 0 Å². The first-order chi connectivity index (χ1) is 5.05. The largest absolute Gasteiger partial charge is 0.297 e. The van der Waals surface area contributed by atoms with Gasteiger partial charge < -0.3 is 0 Å². The van der Waals surface area contributed by atoms with Crippen molar-refractivity contribution in [3.63, 3.8) is 0 Å². The molecule has 1 aromatic heterocycles. The Morgan fingerprint density at radius 2 is 2.18 bits per heavy atom. The predicted octanol–water partition coefficient (Wildman–Crippen LogP) is -0.00280. The molecule has 0 aliphatic rings. The highest BCUT2D eigenvalue weighted by Gasteiger charge is 2.27. The number of Topliss-reactive ketones (excluding diaryl/α,β-unsaturated/α-hetero) is 1. The van der Waals surface area contributed by atoms with Crippen molar-refractivity contribution < 1.29 is 4.79 Å². The van der Waals surface area contributed by atoms with Crippen molar-refractivity contribution in [2.45, 2.75) is 26.3 Å². The monoisotopic (exact) mass is 154 g/mol. The third-order valence-electron chi connectivity index (χ3n) is 1.71. The highest BCUT2D eigenvalue weighted by molar-refractivity contribution is 5.82. The zero-order valence-electron chi connectivity index (χ0n) is 6.77. The third kappa shape index (κ3) is 1.26. The Kier molecular flexibility index (Phi) is 1.72. The molecule has 0 fully saturated rings. The Morgan fingerprint density at radius 1 is 1.55 bits per heavy atom. The summed E-state index contributed by atoms with van der Waals surface area (Å²) in [6.07, 6.45) is 1.31. The van der Waals surface area contributed by atoms with Gasteiger partial charge in [0.05, 0.1) is 0 Å². The summed E-state index contributed by atoms with van der Waals surface area (Å²) in [6, 6.07) is 0. The topological polar surface area (TPSA) is 60.7 Å². The molecule has 60 valence electrons. The summed E-state index contributed by atoms with van der Waals surface area (Å²) < 4.78 is 0. The molecule has 1 heterocycles. The average Bonchev–Trinajstić information content (AvgIpc) is 2.37. The van der Waals surface area contributed by atoms with Crippen LogP contribution in [0.25, 0.3) is 0 Å². The maximum Gasteiger partial charge on any atom is 0.162 e. The molecule has 0 aromatic carbocycles. The zero-order valence-corrected chi connectivity index (χ0v) is 6.77. The number of nitrogens with zero attached hydrogens (tertiary/aromatic N) is 4. The molecule has 0 bridgehead atoms. The van der Waals surface area contributed by atoms with E-state index in [-0.39, 0.29) is 5.78 Å². The Labute approximate surface area is 64.4 Å². The highest BCUT2D eigenvalue weighted by Crippen LogP contribution is 2.11. The Morgan fingerprint density at radius 3 is 2.55 bits per heavy atom. The minimum atomic E-state index is -0.684. The quantitative estimate of drug-likeness (QED) is 0.601. The van der Waals surface area contributed by atoms with E-state index in [1.807, 2.05) is 0 Å². The lowest BCUT2D eigenvalue weighted by Crippen LogP contribution is -2.36. The Bertz CT molecular complexity index is 252. The normalized spacial score (nSPS) is 11.5. The van der Waals surface area contributed by atoms with Crippen molar-refractivity contribution in [3.8, 4) is 0 Å². The van der Waals surface area contributed by atoms with Crippen LogP contribution in [-0.4, -0.2) is 26.0 Å². The molecule has 11 heavy (non-hydrogen) atoms. The van der Waals surface area contributed by atoms with Gasteiger partial charge in [-0.05, 0) is 26.0 Å². The molecule has 0 atom stereocenters. The van der Waals surface area contributed by atoms with Gasteiger partial charge in [0, 0.05) is 0 Å². The molecule has 0 unspecified atom stereocenters. The average molecular weight is 154 g/mol. The number of hydrogen-bond acceptors (Lipinski definition) is 4. The van der Waals surface area contributed by atoms with Crippen molar-refractivity contribution in [3.05, 3.63) is 6.33 Å². The molecule has 0 saturated heterocycles. The van der Waals surface area contributed by atoms with Crippen LogP contribution in [-0.2, 0) is 10.3 Å². The maximum absolute atomic E-state index is 11.0. The molecule has 1 rings (SSSR count). The van der Waals surface area contributed by atoms with Crippen molar-refractivity contribution >= 4 is 5.78 Å². The number of hydrogen-bond donors (Lipinski definition) is 0. The number of aromatic nitrogens is 4. The second-order valence-corrected chi connectivity index (χ2v) is 2.84.